The van der Waals surface area contributed by atoms with Gasteiger partial charge in [-0.2, -0.15) is 4.31 Å². The predicted octanol–water partition coefficient (Wildman–Crippen LogP) is 0.850. The highest BCUT2D eigenvalue weighted by Crippen LogP contribution is 2.38. The van der Waals surface area contributed by atoms with E-state index in [4.69, 9.17) is 5.11 Å². The second-order valence-corrected chi connectivity index (χ2v) is 6.91. The summed E-state index contributed by atoms with van der Waals surface area (Å²) in [5, 5.41) is 8.93. The Balaban J connectivity index is 2.13. The van der Waals surface area contributed by atoms with Crippen LogP contribution in [0.1, 0.15) is 18.9 Å². The fourth-order valence-corrected chi connectivity index (χ4v) is 3.03. The van der Waals surface area contributed by atoms with Gasteiger partial charge in [-0.05, 0) is 29.9 Å². The average Bonchev–Trinajstić information content (AvgIpc) is 3.05. The van der Waals surface area contributed by atoms with Crippen molar-refractivity contribution in [2.24, 2.45) is 11.8 Å². The molecule has 0 spiro atoms. The summed E-state index contributed by atoms with van der Waals surface area (Å²) in [5.74, 6) is 1.09. The summed E-state index contributed by atoms with van der Waals surface area (Å²) in [7, 11) is -1.92. The van der Waals surface area contributed by atoms with Crippen LogP contribution in [-0.2, 0) is 16.6 Å². The van der Waals surface area contributed by atoms with E-state index >= 15 is 0 Å². The van der Waals surface area contributed by atoms with Crippen LogP contribution in [0.4, 0.5) is 0 Å². The second-order valence-electron chi connectivity index (χ2n) is 4.92. The van der Waals surface area contributed by atoms with E-state index in [1.165, 1.54) is 16.6 Å². The van der Waals surface area contributed by atoms with Crippen molar-refractivity contribution < 1.29 is 13.5 Å². The molecular formula is C12H18N2O3S. The molecule has 2 atom stereocenters. The van der Waals surface area contributed by atoms with E-state index < -0.39 is 10.0 Å². The van der Waals surface area contributed by atoms with Gasteiger partial charge in [0.15, 0.2) is 5.03 Å². The van der Waals surface area contributed by atoms with Gasteiger partial charge < -0.3 is 5.11 Å². The van der Waals surface area contributed by atoms with Gasteiger partial charge in [0, 0.05) is 19.8 Å². The van der Waals surface area contributed by atoms with Crippen LogP contribution in [-0.4, -0.2) is 36.4 Å². The van der Waals surface area contributed by atoms with Gasteiger partial charge in [0.25, 0.3) is 10.0 Å². The topological polar surface area (TPSA) is 70.5 Å². The summed E-state index contributed by atoms with van der Waals surface area (Å²) in [6.45, 7) is 2.54. The van der Waals surface area contributed by atoms with Crippen LogP contribution < -0.4 is 0 Å². The van der Waals surface area contributed by atoms with Gasteiger partial charge in [-0.15, -0.1) is 0 Å². The SMILES string of the molecule is CC1CC1CN(C)S(=O)(=O)c1ccc(CO)cn1. The Kier molecular flexibility index (Phi) is 3.70. The van der Waals surface area contributed by atoms with Crippen LogP contribution in [0.5, 0.6) is 0 Å². The molecule has 100 valence electrons. The zero-order valence-electron chi connectivity index (χ0n) is 10.6. The van der Waals surface area contributed by atoms with Crippen molar-refractivity contribution in [3.05, 3.63) is 23.9 Å². The number of rotatable bonds is 5. The van der Waals surface area contributed by atoms with Crippen molar-refractivity contribution in [2.45, 2.75) is 25.0 Å². The molecule has 1 N–H and O–H groups in total. The lowest BCUT2D eigenvalue weighted by molar-refractivity contribution is 0.281. The Morgan fingerprint density at radius 2 is 2.17 bits per heavy atom. The fourth-order valence-electron chi connectivity index (χ4n) is 1.90. The number of pyridine rings is 1. The lowest BCUT2D eigenvalue weighted by atomic mass is 10.3. The predicted molar refractivity (Wildman–Crippen MR) is 67.2 cm³/mol. The molecule has 2 rings (SSSR count). The van der Waals surface area contributed by atoms with Gasteiger partial charge in [-0.1, -0.05) is 13.0 Å². The first-order valence-electron chi connectivity index (χ1n) is 5.97. The number of aromatic nitrogens is 1. The van der Waals surface area contributed by atoms with E-state index in [1.54, 1.807) is 13.1 Å². The van der Waals surface area contributed by atoms with Gasteiger partial charge in [-0.25, -0.2) is 13.4 Å². The molecule has 0 radical (unpaired) electrons. The second kappa shape index (κ2) is 4.95. The van der Waals surface area contributed by atoms with E-state index in [9.17, 15) is 8.42 Å². The maximum absolute atomic E-state index is 12.2. The van der Waals surface area contributed by atoms with Gasteiger partial charge in [0.05, 0.1) is 6.61 Å². The number of aliphatic hydroxyl groups excluding tert-OH is 1. The average molecular weight is 270 g/mol. The molecule has 1 saturated carbocycles. The molecule has 1 heterocycles. The van der Waals surface area contributed by atoms with Crippen molar-refractivity contribution in [3.63, 3.8) is 0 Å². The number of hydrogen-bond acceptors (Lipinski definition) is 4. The number of aliphatic hydroxyl groups is 1. The molecule has 0 amide bonds. The quantitative estimate of drug-likeness (QED) is 0.861. The summed E-state index contributed by atoms with van der Waals surface area (Å²) in [4.78, 5) is 3.90. The summed E-state index contributed by atoms with van der Waals surface area (Å²) >= 11 is 0. The summed E-state index contributed by atoms with van der Waals surface area (Å²) in [6.07, 6.45) is 2.48. The van der Waals surface area contributed by atoms with Crippen LogP contribution in [0.15, 0.2) is 23.4 Å². The molecular weight excluding hydrogens is 252 g/mol. The van der Waals surface area contributed by atoms with Gasteiger partial charge in [-0.3, -0.25) is 0 Å². The largest absolute Gasteiger partial charge is 0.392 e. The minimum Gasteiger partial charge on any atom is -0.392 e. The normalized spacial score (nSPS) is 23.3. The van der Waals surface area contributed by atoms with E-state index in [2.05, 4.69) is 11.9 Å². The van der Waals surface area contributed by atoms with E-state index in [1.807, 2.05) is 0 Å². The Bertz CT molecular complexity index is 513. The molecule has 0 bridgehead atoms. The van der Waals surface area contributed by atoms with Crippen molar-refractivity contribution in [2.75, 3.05) is 13.6 Å². The zero-order chi connectivity index (χ0) is 13.3. The van der Waals surface area contributed by atoms with E-state index in [0.29, 0.717) is 23.9 Å². The molecule has 0 saturated heterocycles. The van der Waals surface area contributed by atoms with Crippen LogP contribution in [0.2, 0.25) is 0 Å². The third-order valence-electron chi connectivity index (χ3n) is 3.42. The summed E-state index contributed by atoms with van der Waals surface area (Å²) < 4.78 is 25.8. The molecule has 1 aliphatic carbocycles. The Labute approximate surface area is 108 Å². The molecule has 1 aromatic rings. The van der Waals surface area contributed by atoms with Gasteiger partial charge in [0.1, 0.15) is 0 Å². The molecule has 18 heavy (non-hydrogen) atoms. The highest BCUT2D eigenvalue weighted by Gasteiger charge is 2.36. The maximum atomic E-state index is 12.2. The van der Waals surface area contributed by atoms with Gasteiger partial charge in [0.2, 0.25) is 0 Å². The monoisotopic (exact) mass is 270 g/mol. The van der Waals surface area contributed by atoms with Crippen molar-refractivity contribution in [3.8, 4) is 0 Å². The first-order chi connectivity index (χ1) is 8.45. The molecule has 6 heteroatoms. The molecule has 1 aromatic heterocycles. The molecule has 1 aliphatic rings. The van der Waals surface area contributed by atoms with Crippen LogP contribution in [0, 0.1) is 11.8 Å². The third-order valence-corrected chi connectivity index (χ3v) is 5.16. The highest BCUT2D eigenvalue weighted by molar-refractivity contribution is 7.89. The summed E-state index contributed by atoms with van der Waals surface area (Å²) in [5.41, 5.74) is 0.604. The first-order valence-corrected chi connectivity index (χ1v) is 7.41. The minimum atomic E-state index is -3.50. The molecule has 1 fully saturated rings. The highest BCUT2D eigenvalue weighted by atomic mass is 32.2. The minimum absolute atomic E-state index is 0.0375. The lowest BCUT2D eigenvalue weighted by Gasteiger charge is -2.16. The molecule has 0 aliphatic heterocycles. The Morgan fingerprint density at radius 1 is 1.50 bits per heavy atom. The van der Waals surface area contributed by atoms with Crippen LogP contribution in [0.3, 0.4) is 0 Å². The van der Waals surface area contributed by atoms with E-state index in [-0.39, 0.29) is 11.6 Å². The van der Waals surface area contributed by atoms with Crippen LogP contribution >= 0.6 is 0 Å². The Hall–Kier alpha value is -0.980. The maximum Gasteiger partial charge on any atom is 0.260 e. The van der Waals surface area contributed by atoms with Gasteiger partial charge >= 0.3 is 0 Å². The lowest BCUT2D eigenvalue weighted by Crippen LogP contribution is -2.29. The van der Waals surface area contributed by atoms with Crippen LogP contribution in [0.25, 0.3) is 0 Å². The molecule has 2 unspecified atom stereocenters. The standard InChI is InChI=1S/C12H18N2O3S/c1-9-5-11(9)7-14(2)18(16,17)12-4-3-10(8-15)6-13-12/h3-4,6,9,11,15H,5,7-8H2,1-2H3. The Morgan fingerprint density at radius 3 is 2.61 bits per heavy atom. The van der Waals surface area contributed by atoms with Crippen molar-refractivity contribution in [1.82, 2.24) is 9.29 Å². The van der Waals surface area contributed by atoms with Crippen molar-refractivity contribution in [1.29, 1.82) is 0 Å². The molecule has 5 nitrogen and oxygen atoms in total. The fraction of sp³-hybridized carbons (Fsp3) is 0.583. The third kappa shape index (κ3) is 2.71. The summed E-state index contributed by atoms with van der Waals surface area (Å²) in [6, 6.07) is 3.02. The first kappa shape index (κ1) is 13.5. The van der Waals surface area contributed by atoms with E-state index in [0.717, 1.165) is 6.42 Å². The number of sulfonamides is 1. The smallest absolute Gasteiger partial charge is 0.260 e. The number of nitrogens with zero attached hydrogens (tertiary/aromatic N) is 2. The number of hydrogen-bond donors (Lipinski definition) is 1. The zero-order valence-corrected chi connectivity index (χ0v) is 11.4. The van der Waals surface area contributed by atoms with Crippen molar-refractivity contribution >= 4 is 10.0 Å². The molecule has 0 aromatic carbocycles.